The zero-order valence-corrected chi connectivity index (χ0v) is 13.4. The lowest BCUT2D eigenvalue weighted by atomic mass is 9.82. The Labute approximate surface area is 131 Å². The molecular formula is C16H17N3O2S. The molecule has 1 aliphatic heterocycles. The molecule has 0 aromatic heterocycles. The maximum atomic E-state index is 12.7. The van der Waals surface area contributed by atoms with Gasteiger partial charge in [-0.25, -0.2) is 8.42 Å². The van der Waals surface area contributed by atoms with Crippen molar-refractivity contribution in [1.82, 2.24) is 4.31 Å². The van der Waals surface area contributed by atoms with Crippen LogP contribution in [0.4, 0.5) is 0 Å². The predicted octanol–water partition coefficient (Wildman–Crippen LogP) is 2.37. The number of allylic oxidation sites excluding steroid dienone is 1. The Morgan fingerprint density at radius 1 is 1.32 bits per heavy atom. The van der Waals surface area contributed by atoms with Gasteiger partial charge in [0, 0.05) is 31.0 Å². The summed E-state index contributed by atoms with van der Waals surface area (Å²) in [7, 11) is -3.62. The third kappa shape index (κ3) is 2.89. The first kappa shape index (κ1) is 16.2. The number of nitrogens with zero attached hydrogens (tertiary/aromatic N) is 3. The molecule has 0 amide bonds. The van der Waals surface area contributed by atoms with Crippen molar-refractivity contribution in [2.45, 2.75) is 25.2 Å². The lowest BCUT2D eigenvalue weighted by molar-refractivity contribution is 0.379. The Balaban J connectivity index is 2.39. The lowest BCUT2D eigenvalue weighted by Gasteiger charge is -2.22. The molecule has 114 valence electrons. The highest BCUT2D eigenvalue weighted by Gasteiger charge is 2.43. The number of rotatable bonds is 3. The van der Waals surface area contributed by atoms with Gasteiger partial charge in [0.2, 0.25) is 10.0 Å². The lowest BCUT2D eigenvalue weighted by Crippen LogP contribution is -2.31. The van der Waals surface area contributed by atoms with Gasteiger partial charge in [0.25, 0.3) is 0 Å². The van der Waals surface area contributed by atoms with Gasteiger partial charge in [-0.1, -0.05) is 24.6 Å². The first-order valence-electron chi connectivity index (χ1n) is 6.86. The highest BCUT2D eigenvalue weighted by Crippen LogP contribution is 2.40. The molecule has 0 bridgehead atoms. The topological polar surface area (TPSA) is 85.0 Å². The fraction of sp³-hybridized carbons (Fsp3) is 0.375. The molecule has 1 unspecified atom stereocenters. The summed E-state index contributed by atoms with van der Waals surface area (Å²) in [6, 6.07) is 10.7. The molecule has 22 heavy (non-hydrogen) atoms. The van der Waals surface area contributed by atoms with E-state index in [-0.39, 0.29) is 24.4 Å². The van der Waals surface area contributed by atoms with Crippen molar-refractivity contribution in [1.29, 1.82) is 10.5 Å². The monoisotopic (exact) mass is 315 g/mol. The SMILES string of the molecule is Cc1ccc(S(=O)(=O)N2C/C(=C/C#N)C(C)(CC#N)C2)cc1. The minimum atomic E-state index is -3.62. The maximum Gasteiger partial charge on any atom is 0.243 e. The molecule has 0 N–H and O–H groups in total. The second kappa shape index (κ2) is 5.92. The molecule has 1 aliphatic rings. The summed E-state index contributed by atoms with van der Waals surface area (Å²) in [4.78, 5) is 0.232. The molecule has 1 heterocycles. The van der Waals surface area contributed by atoms with Crippen molar-refractivity contribution in [3.63, 3.8) is 0 Å². The van der Waals surface area contributed by atoms with Crippen LogP contribution in [0, 0.1) is 35.0 Å². The molecule has 0 spiro atoms. The molecule has 0 aliphatic carbocycles. The summed E-state index contributed by atoms with van der Waals surface area (Å²) in [6.45, 7) is 4.08. The van der Waals surface area contributed by atoms with Crippen molar-refractivity contribution in [3.05, 3.63) is 41.5 Å². The standard InChI is InChI=1S/C16H17N3O2S/c1-13-3-5-15(6-4-13)22(20,21)19-11-14(7-9-17)16(2,12-19)8-10-18/h3-7H,8,11-12H2,1-2H3/b14-7-. The third-order valence-electron chi connectivity index (χ3n) is 4.01. The van der Waals surface area contributed by atoms with Crippen LogP contribution < -0.4 is 0 Å². The van der Waals surface area contributed by atoms with E-state index >= 15 is 0 Å². The highest BCUT2D eigenvalue weighted by molar-refractivity contribution is 7.89. The van der Waals surface area contributed by atoms with E-state index in [0.717, 1.165) is 5.56 Å². The summed E-state index contributed by atoms with van der Waals surface area (Å²) < 4.78 is 26.8. The van der Waals surface area contributed by atoms with E-state index < -0.39 is 15.4 Å². The highest BCUT2D eigenvalue weighted by atomic mass is 32.2. The van der Waals surface area contributed by atoms with E-state index in [0.29, 0.717) is 5.57 Å². The van der Waals surface area contributed by atoms with Crippen LogP contribution >= 0.6 is 0 Å². The molecule has 5 nitrogen and oxygen atoms in total. The summed E-state index contributed by atoms with van der Waals surface area (Å²) in [5, 5.41) is 17.9. The van der Waals surface area contributed by atoms with Gasteiger partial charge in [0.05, 0.1) is 17.0 Å². The zero-order chi connectivity index (χ0) is 16.4. The quantitative estimate of drug-likeness (QED) is 0.801. The van der Waals surface area contributed by atoms with Gasteiger partial charge in [-0.2, -0.15) is 14.8 Å². The van der Waals surface area contributed by atoms with Gasteiger partial charge in [-0.05, 0) is 24.6 Å². The van der Waals surface area contributed by atoms with Gasteiger partial charge in [-0.3, -0.25) is 0 Å². The summed E-state index contributed by atoms with van der Waals surface area (Å²) in [6.07, 6.45) is 1.54. The molecule has 0 saturated carbocycles. The van der Waals surface area contributed by atoms with E-state index in [2.05, 4.69) is 6.07 Å². The fourth-order valence-electron chi connectivity index (χ4n) is 2.60. The Bertz CT molecular complexity index is 782. The van der Waals surface area contributed by atoms with E-state index in [1.165, 1.54) is 10.4 Å². The Hall–Kier alpha value is -2.15. The minimum Gasteiger partial charge on any atom is -0.207 e. The third-order valence-corrected chi connectivity index (χ3v) is 5.82. The average Bonchev–Trinajstić information content (AvgIpc) is 2.78. The number of sulfonamides is 1. The first-order chi connectivity index (χ1) is 10.3. The molecule has 1 aromatic rings. The second-order valence-corrected chi connectivity index (χ2v) is 7.72. The molecule has 1 aromatic carbocycles. The van der Waals surface area contributed by atoms with Gasteiger partial charge in [-0.15, -0.1) is 0 Å². The van der Waals surface area contributed by atoms with Crippen LogP contribution in [0.25, 0.3) is 0 Å². The maximum absolute atomic E-state index is 12.7. The van der Waals surface area contributed by atoms with Crippen molar-refractivity contribution >= 4 is 10.0 Å². The van der Waals surface area contributed by atoms with Crippen molar-refractivity contribution < 1.29 is 8.42 Å². The number of hydrogen-bond donors (Lipinski definition) is 0. The van der Waals surface area contributed by atoms with Crippen molar-refractivity contribution in [2.75, 3.05) is 13.1 Å². The van der Waals surface area contributed by atoms with Gasteiger partial charge >= 0.3 is 0 Å². The first-order valence-corrected chi connectivity index (χ1v) is 8.30. The van der Waals surface area contributed by atoms with Gasteiger partial charge < -0.3 is 0 Å². The molecule has 1 fully saturated rings. The number of aryl methyl sites for hydroxylation is 1. The Morgan fingerprint density at radius 2 is 1.95 bits per heavy atom. The second-order valence-electron chi connectivity index (χ2n) is 5.78. The molecular weight excluding hydrogens is 298 g/mol. The molecule has 0 radical (unpaired) electrons. The van der Waals surface area contributed by atoms with E-state index in [1.807, 2.05) is 19.9 Å². The van der Waals surface area contributed by atoms with Gasteiger partial charge in [0.1, 0.15) is 0 Å². The van der Waals surface area contributed by atoms with Gasteiger partial charge in [0.15, 0.2) is 0 Å². The molecule has 2 rings (SSSR count). The minimum absolute atomic E-state index is 0.155. The van der Waals surface area contributed by atoms with Crippen LogP contribution in [0.1, 0.15) is 18.9 Å². The fourth-order valence-corrected chi connectivity index (χ4v) is 4.14. The van der Waals surface area contributed by atoms with Crippen LogP contribution in [0.3, 0.4) is 0 Å². The average molecular weight is 315 g/mol. The largest absolute Gasteiger partial charge is 0.243 e. The van der Waals surface area contributed by atoms with Crippen LogP contribution in [0.2, 0.25) is 0 Å². The zero-order valence-electron chi connectivity index (χ0n) is 12.6. The van der Waals surface area contributed by atoms with E-state index in [9.17, 15) is 8.42 Å². The number of hydrogen-bond acceptors (Lipinski definition) is 4. The van der Waals surface area contributed by atoms with Crippen molar-refractivity contribution in [2.24, 2.45) is 5.41 Å². The molecule has 1 saturated heterocycles. The van der Waals surface area contributed by atoms with Crippen molar-refractivity contribution in [3.8, 4) is 12.1 Å². The summed E-state index contributed by atoms with van der Waals surface area (Å²) >= 11 is 0. The predicted molar refractivity (Wildman–Crippen MR) is 82.0 cm³/mol. The summed E-state index contributed by atoms with van der Waals surface area (Å²) in [5.41, 5.74) is 1.06. The molecule has 6 heteroatoms. The van der Waals surface area contributed by atoms with E-state index in [1.54, 1.807) is 24.3 Å². The number of benzene rings is 1. The summed E-state index contributed by atoms with van der Waals surface area (Å²) in [5.74, 6) is 0. The van der Waals surface area contributed by atoms with Crippen LogP contribution in [0.15, 0.2) is 40.8 Å². The smallest absolute Gasteiger partial charge is 0.207 e. The molecule has 1 atom stereocenters. The Morgan fingerprint density at radius 3 is 2.50 bits per heavy atom. The Kier molecular flexibility index (Phi) is 4.37. The normalized spacial score (nSPS) is 24.1. The van der Waals surface area contributed by atoms with E-state index in [4.69, 9.17) is 10.5 Å². The van der Waals surface area contributed by atoms with Crippen LogP contribution in [-0.4, -0.2) is 25.8 Å². The number of nitriles is 2. The van der Waals surface area contributed by atoms with Crippen LogP contribution in [0.5, 0.6) is 0 Å². The van der Waals surface area contributed by atoms with Crippen LogP contribution in [-0.2, 0) is 10.0 Å².